The predicted molar refractivity (Wildman–Crippen MR) is 93.2 cm³/mol. The molecule has 0 radical (unpaired) electrons. The van der Waals surface area contributed by atoms with Crippen LogP contribution in [0.2, 0.25) is 0 Å². The largest absolute Gasteiger partial charge is 0.346 e. The number of hydrogen-bond donors (Lipinski definition) is 2. The van der Waals surface area contributed by atoms with Gasteiger partial charge in [0.2, 0.25) is 10.0 Å². The third kappa shape index (κ3) is 2.44. The van der Waals surface area contributed by atoms with Gasteiger partial charge in [0.15, 0.2) is 0 Å². The van der Waals surface area contributed by atoms with Crippen LogP contribution in [-0.4, -0.2) is 62.8 Å². The molecule has 4 heterocycles. The Morgan fingerprint density at radius 3 is 2.88 bits per heavy atom. The van der Waals surface area contributed by atoms with Crippen molar-refractivity contribution in [2.24, 2.45) is 5.73 Å². The molecule has 3 aromatic heterocycles. The van der Waals surface area contributed by atoms with E-state index >= 15 is 0 Å². The fourth-order valence-electron chi connectivity index (χ4n) is 3.16. The molecule has 4 rings (SSSR count). The predicted octanol–water partition coefficient (Wildman–Crippen LogP) is 0.141. The molecule has 0 aromatic carbocycles. The molecule has 0 atom stereocenters. The van der Waals surface area contributed by atoms with E-state index in [2.05, 4.69) is 20.1 Å². The van der Waals surface area contributed by atoms with Crippen molar-refractivity contribution in [2.75, 3.05) is 25.4 Å². The maximum atomic E-state index is 12.0. The Morgan fingerprint density at radius 2 is 2.16 bits per heavy atom. The van der Waals surface area contributed by atoms with Crippen molar-refractivity contribution in [1.82, 2.24) is 29.0 Å². The standard InChI is InChI=1S/C15H19N7O2S/c1-2-25(23,24)21-8-15(7-16,9-21)22-6-11(5-20-22)13-12-3-4-17-14(12)19-10-18-13/h3-6,10H,2,7-9,16H2,1H3,(H,17,18,19). The number of H-pyrrole nitrogens is 1. The SMILES string of the molecule is CCS(=O)(=O)N1CC(CN)(n2cc(-c3ncnc4[nH]ccc34)cn2)C1. The van der Waals surface area contributed by atoms with Gasteiger partial charge in [0, 0.05) is 43.0 Å². The Balaban J connectivity index is 1.66. The molecule has 1 saturated heterocycles. The maximum Gasteiger partial charge on any atom is 0.213 e. The summed E-state index contributed by atoms with van der Waals surface area (Å²) in [6.45, 7) is 2.63. The van der Waals surface area contributed by atoms with Gasteiger partial charge < -0.3 is 10.7 Å². The zero-order valence-corrected chi connectivity index (χ0v) is 14.6. The minimum atomic E-state index is -3.21. The summed E-state index contributed by atoms with van der Waals surface area (Å²) in [6.07, 6.45) is 6.91. The number of hydrogen-bond acceptors (Lipinski definition) is 6. The van der Waals surface area contributed by atoms with E-state index in [4.69, 9.17) is 5.73 Å². The summed E-state index contributed by atoms with van der Waals surface area (Å²) >= 11 is 0. The van der Waals surface area contributed by atoms with E-state index < -0.39 is 15.6 Å². The van der Waals surface area contributed by atoms with E-state index in [9.17, 15) is 8.42 Å². The minimum Gasteiger partial charge on any atom is -0.346 e. The van der Waals surface area contributed by atoms with Gasteiger partial charge in [-0.25, -0.2) is 18.4 Å². The smallest absolute Gasteiger partial charge is 0.213 e. The zero-order valence-electron chi connectivity index (χ0n) is 13.8. The molecule has 0 spiro atoms. The molecule has 3 N–H and O–H groups in total. The highest BCUT2D eigenvalue weighted by Crippen LogP contribution is 2.32. The summed E-state index contributed by atoms with van der Waals surface area (Å²) in [5.74, 6) is 0.0877. The number of sulfonamides is 1. The molecule has 0 aliphatic carbocycles. The number of fused-ring (bicyclic) bond motifs is 1. The molecule has 10 heteroatoms. The van der Waals surface area contributed by atoms with Crippen molar-refractivity contribution < 1.29 is 8.42 Å². The van der Waals surface area contributed by atoms with Gasteiger partial charge in [0.1, 0.15) is 17.5 Å². The highest BCUT2D eigenvalue weighted by Gasteiger charge is 2.48. The summed E-state index contributed by atoms with van der Waals surface area (Å²) in [4.78, 5) is 11.6. The van der Waals surface area contributed by atoms with Crippen LogP contribution in [0.25, 0.3) is 22.3 Å². The molecule has 0 bridgehead atoms. The topological polar surface area (TPSA) is 123 Å². The van der Waals surface area contributed by atoms with Crippen LogP contribution < -0.4 is 5.73 Å². The van der Waals surface area contributed by atoms with E-state index in [0.29, 0.717) is 19.6 Å². The highest BCUT2D eigenvalue weighted by atomic mass is 32.2. The van der Waals surface area contributed by atoms with Crippen LogP contribution >= 0.6 is 0 Å². The van der Waals surface area contributed by atoms with Crippen molar-refractivity contribution in [2.45, 2.75) is 12.5 Å². The lowest BCUT2D eigenvalue weighted by Crippen LogP contribution is -2.67. The van der Waals surface area contributed by atoms with E-state index in [1.165, 1.54) is 10.6 Å². The number of aromatic amines is 1. The molecule has 25 heavy (non-hydrogen) atoms. The second-order valence-corrected chi connectivity index (χ2v) is 8.49. The van der Waals surface area contributed by atoms with Crippen molar-refractivity contribution in [3.05, 3.63) is 31.0 Å². The third-order valence-electron chi connectivity index (χ3n) is 4.78. The average molecular weight is 361 g/mol. The van der Waals surface area contributed by atoms with E-state index in [-0.39, 0.29) is 5.75 Å². The molecular weight excluding hydrogens is 342 g/mol. The van der Waals surface area contributed by atoms with E-state index in [0.717, 1.165) is 22.3 Å². The number of nitrogens with one attached hydrogen (secondary N) is 1. The van der Waals surface area contributed by atoms with Gasteiger partial charge >= 0.3 is 0 Å². The van der Waals surface area contributed by atoms with Crippen LogP contribution in [0.4, 0.5) is 0 Å². The first kappa shape index (κ1) is 16.2. The molecule has 0 saturated carbocycles. The van der Waals surface area contributed by atoms with Gasteiger partial charge in [0.05, 0.1) is 17.6 Å². The second kappa shape index (κ2) is 5.61. The molecule has 1 aliphatic heterocycles. The molecular formula is C15H19N7O2S. The van der Waals surface area contributed by atoms with E-state index in [1.807, 2.05) is 18.5 Å². The fourth-order valence-corrected chi connectivity index (χ4v) is 4.40. The van der Waals surface area contributed by atoms with Crippen LogP contribution in [0.15, 0.2) is 31.0 Å². The molecule has 0 amide bonds. The summed E-state index contributed by atoms with van der Waals surface area (Å²) < 4.78 is 27.2. The van der Waals surface area contributed by atoms with Gasteiger partial charge in [0.25, 0.3) is 0 Å². The Kier molecular flexibility index (Phi) is 3.63. The van der Waals surface area contributed by atoms with Crippen molar-refractivity contribution in [3.63, 3.8) is 0 Å². The average Bonchev–Trinajstić information content (AvgIpc) is 3.23. The molecule has 132 valence electrons. The van der Waals surface area contributed by atoms with Crippen LogP contribution in [-0.2, 0) is 15.6 Å². The van der Waals surface area contributed by atoms with Crippen LogP contribution in [0.3, 0.4) is 0 Å². The molecule has 1 aliphatic rings. The Bertz CT molecular complexity index is 1020. The van der Waals surface area contributed by atoms with Crippen LogP contribution in [0.5, 0.6) is 0 Å². The van der Waals surface area contributed by atoms with Gasteiger partial charge in [-0.1, -0.05) is 0 Å². The third-order valence-corrected chi connectivity index (χ3v) is 6.55. The van der Waals surface area contributed by atoms with Gasteiger partial charge in [-0.2, -0.15) is 9.40 Å². The highest BCUT2D eigenvalue weighted by molar-refractivity contribution is 7.89. The summed E-state index contributed by atoms with van der Waals surface area (Å²) in [5.41, 5.74) is 7.83. The monoisotopic (exact) mass is 361 g/mol. The molecule has 3 aromatic rings. The van der Waals surface area contributed by atoms with Crippen LogP contribution in [0.1, 0.15) is 6.92 Å². The van der Waals surface area contributed by atoms with Crippen molar-refractivity contribution in [3.8, 4) is 11.3 Å². The van der Waals surface area contributed by atoms with Crippen molar-refractivity contribution in [1.29, 1.82) is 0 Å². The van der Waals surface area contributed by atoms with Gasteiger partial charge in [-0.15, -0.1) is 0 Å². The van der Waals surface area contributed by atoms with Gasteiger partial charge in [-0.3, -0.25) is 4.68 Å². The van der Waals surface area contributed by atoms with E-state index in [1.54, 1.807) is 17.8 Å². The maximum absolute atomic E-state index is 12.0. The number of aromatic nitrogens is 5. The van der Waals surface area contributed by atoms with Gasteiger partial charge in [-0.05, 0) is 13.0 Å². The lowest BCUT2D eigenvalue weighted by atomic mass is 9.93. The number of rotatable bonds is 5. The fraction of sp³-hybridized carbons (Fsp3) is 0.400. The lowest BCUT2D eigenvalue weighted by molar-refractivity contribution is 0.0759. The lowest BCUT2D eigenvalue weighted by Gasteiger charge is -2.48. The zero-order chi connectivity index (χ0) is 17.7. The normalized spacial score (nSPS) is 17.7. The van der Waals surface area contributed by atoms with Crippen molar-refractivity contribution >= 4 is 21.1 Å². The Hall–Kier alpha value is -2.30. The van der Waals surface area contributed by atoms with Crippen LogP contribution in [0, 0.1) is 0 Å². The quantitative estimate of drug-likeness (QED) is 0.666. The second-order valence-electron chi connectivity index (χ2n) is 6.23. The molecule has 9 nitrogen and oxygen atoms in total. The number of nitrogens with two attached hydrogens (primary N) is 1. The summed E-state index contributed by atoms with van der Waals surface area (Å²) in [5, 5.41) is 5.35. The Morgan fingerprint density at radius 1 is 1.36 bits per heavy atom. The Labute approximate surface area is 144 Å². The molecule has 1 fully saturated rings. The summed E-state index contributed by atoms with van der Waals surface area (Å²) in [6, 6.07) is 1.92. The first-order chi connectivity index (χ1) is 12.0. The number of nitrogens with zero attached hydrogens (tertiary/aromatic N) is 5. The minimum absolute atomic E-state index is 0.0877. The molecule has 0 unspecified atom stereocenters. The first-order valence-electron chi connectivity index (χ1n) is 8.00. The summed E-state index contributed by atoms with van der Waals surface area (Å²) in [7, 11) is -3.21. The first-order valence-corrected chi connectivity index (χ1v) is 9.61.